The molecular weight excluding hydrogens is 350 g/mol. The van der Waals surface area contributed by atoms with E-state index in [4.69, 9.17) is 0 Å². The lowest BCUT2D eigenvalue weighted by atomic mass is 9.97. The second kappa shape index (κ2) is 8.99. The summed E-state index contributed by atoms with van der Waals surface area (Å²) in [4.78, 5) is 18.5. The van der Waals surface area contributed by atoms with Crippen LogP contribution in [0.15, 0.2) is 18.3 Å². The molecule has 28 heavy (non-hydrogen) atoms. The van der Waals surface area contributed by atoms with Gasteiger partial charge in [0.15, 0.2) is 0 Å². The minimum Gasteiger partial charge on any atom is -0.394 e. The number of H-pyrrole nitrogens is 1. The molecule has 2 atom stereocenters. The molecule has 0 saturated carbocycles. The molecule has 1 aliphatic rings. The van der Waals surface area contributed by atoms with Gasteiger partial charge in [0.1, 0.15) is 6.04 Å². The number of aliphatic hydroxyl groups is 1. The van der Waals surface area contributed by atoms with Crippen molar-refractivity contribution in [2.45, 2.75) is 71.4 Å². The van der Waals surface area contributed by atoms with Crippen LogP contribution in [0.4, 0.5) is 5.69 Å². The number of carbonyl (C=O) groups is 1. The predicted molar refractivity (Wildman–Crippen MR) is 116 cm³/mol. The molecule has 0 fully saturated rings. The number of aromatic amines is 1. The molecule has 1 amide bonds. The van der Waals surface area contributed by atoms with E-state index in [0.29, 0.717) is 6.42 Å². The molecule has 0 unspecified atom stereocenters. The van der Waals surface area contributed by atoms with Crippen LogP contribution in [0.1, 0.15) is 57.6 Å². The van der Waals surface area contributed by atoms with Crippen LogP contribution in [0.25, 0.3) is 10.9 Å². The second-order valence-corrected chi connectivity index (χ2v) is 8.51. The lowest BCUT2D eigenvalue weighted by Gasteiger charge is -2.32. The number of aliphatic hydroxyl groups excluding tert-OH is 1. The van der Waals surface area contributed by atoms with Crippen LogP contribution < -0.4 is 10.2 Å². The van der Waals surface area contributed by atoms with Crippen molar-refractivity contribution in [1.29, 1.82) is 0 Å². The molecule has 2 heterocycles. The number of hydrogen-bond acceptors (Lipinski definition) is 3. The van der Waals surface area contributed by atoms with E-state index in [1.807, 2.05) is 7.05 Å². The van der Waals surface area contributed by atoms with Gasteiger partial charge in [-0.2, -0.15) is 0 Å². The van der Waals surface area contributed by atoms with Crippen molar-refractivity contribution in [3.05, 3.63) is 29.5 Å². The van der Waals surface area contributed by atoms with E-state index in [-0.39, 0.29) is 30.5 Å². The molecular formula is C23H35N3O2. The highest BCUT2D eigenvalue weighted by Gasteiger charge is 2.32. The van der Waals surface area contributed by atoms with Crippen molar-refractivity contribution in [2.24, 2.45) is 5.92 Å². The molecule has 0 bridgehead atoms. The third kappa shape index (κ3) is 4.04. The van der Waals surface area contributed by atoms with Gasteiger partial charge in [-0.05, 0) is 42.4 Å². The Labute approximate surface area is 168 Å². The Morgan fingerprint density at radius 3 is 2.71 bits per heavy atom. The SMILES string of the molecule is CCCCCCc1ccc2c3c(c[nH]c13)C[C@@H](CO)NC(=O)[C@H](C(C)C)N2C. The number of nitrogens with one attached hydrogen (secondary N) is 2. The van der Waals surface area contributed by atoms with Gasteiger partial charge in [-0.15, -0.1) is 0 Å². The van der Waals surface area contributed by atoms with Crippen molar-refractivity contribution >= 4 is 22.5 Å². The summed E-state index contributed by atoms with van der Waals surface area (Å²) in [7, 11) is 2.01. The van der Waals surface area contributed by atoms with Gasteiger partial charge in [0.2, 0.25) is 5.91 Å². The van der Waals surface area contributed by atoms with Crippen molar-refractivity contribution in [3.63, 3.8) is 0 Å². The molecule has 2 aromatic rings. The fraction of sp³-hybridized carbons (Fsp3) is 0.609. The van der Waals surface area contributed by atoms with Crippen LogP contribution in [0.2, 0.25) is 0 Å². The van der Waals surface area contributed by atoms with Gasteiger partial charge in [-0.25, -0.2) is 0 Å². The number of carbonyl (C=O) groups excluding carboxylic acids is 1. The lowest BCUT2D eigenvalue weighted by molar-refractivity contribution is -0.124. The molecule has 0 radical (unpaired) electrons. The number of aryl methyl sites for hydroxylation is 1. The number of nitrogens with zero attached hydrogens (tertiary/aromatic N) is 1. The molecule has 0 spiro atoms. The molecule has 1 aromatic heterocycles. The summed E-state index contributed by atoms with van der Waals surface area (Å²) in [5.74, 6) is 0.149. The van der Waals surface area contributed by atoms with Crippen molar-refractivity contribution < 1.29 is 9.90 Å². The third-order valence-electron chi connectivity index (χ3n) is 6.01. The normalized spacial score (nSPS) is 20.2. The fourth-order valence-electron chi connectivity index (χ4n) is 4.55. The highest BCUT2D eigenvalue weighted by molar-refractivity contribution is 5.99. The van der Waals surface area contributed by atoms with Gasteiger partial charge >= 0.3 is 0 Å². The Hall–Kier alpha value is -2.01. The first kappa shape index (κ1) is 20.7. The standard InChI is InChI=1S/C23H35N3O2/c1-5-6-7-8-9-16-10-11-19-20-17(13-24-21(16)20)12-18(14-27)25-23(28)22(15(2)3)26(19)4/h10-11,13,15,18,22,24,27H,5-9,12,14H2,1-4H3,(H,25,28)/t18-,22-/m0/s1. The van der Waals surface area contributed by atoms with E-state index < -0.39 is 0 Å². The number of benzene rings is 1. The minimum atomic E-state index is -0.270. The van der Waals surface area contributed by atoms with E-state index >= 15 is 0 Å². The molecule has 0 saturated heterocycles. The molecule has 5 nitrogen and oxygen atoms in total. The smallest absolute Gasteiger partial charge is 0.243 e. The summed E-state index contributed by atoms with van der Waals surface area (Å²) in [5.41, 5.74) is 4.78. The summed E-state index contributed by atoms with van der Waals surface area (Å²) in [6.07, 6.45) is 8.73. The van der Waals surface area contributed by atoms with Crippen LogP contribution in [-0.2, 0) is 17.6 Å². The highest BCUT2D eigenvalue weighted by atomic mass is 16.3. The average Bonchev–Trinajstić information content (AvgIpc) is 3.09. The molecule has 154 valence electrons. The molecule has 1 aliphatic heterocycles. The molecule has 3 rings (SSSR count). The number of aromatic nitrogens is 1. The summed E-state index contributed by atoms with van der Waals surface area (Å²) < 4.78 is 0. The van der Waals surface area contributed by atoms with Crippen LogP contribution >= 0.6 is 0 Å². The zero-order chi connectivity index (χ0) is 20.3. The van der Waals surface area contributed by atoms with Crippen LogP contribution in [0, 0.1) is 5.92 Å². The van der Waals surface area contributed by atoms with Gasteiger partial charge in [-0.1, -0.05) is 46.1 Å². The van der Waals surface area contributed by atoms with Crippen LogP contribution in [0.3, 0.4) is 0 Å². The maximum atomic E-state index is 12.9. The monoisotopic (exact) mass is 385 g/mol. The van der Waals surface area contributed by atoms with E-state index in [1.165, 1.54) is 42.1 Å². The molecule has 1 aromatic carbocycles. The first-order valence-electron chi connectivity index (χ1n) is 10.7. The minimum absolute atomic E-state index is 0.0116. The topological polar surface area (TPSA) is 68.4 Å². The Bertz CT molecular complexity index is 812. The largest absolute Gasteiger partial charge is 0.394 e. The number of likely N-dealkylation sites (N-methyl/N-ethyl adjacent to an activating group) is 1. The van der Waals surface area contributed by atoms with Gasteiger partial charge in [0.25, 0.3) is 0 Å². The number of unbranched alkanes of at least 4 members (excludes halogenated alkanes) is 3. The summed E-state index contributed by atoms with van der Waals surface area (Å²) >= 11 is 0. The second-order valence-electron chi connectivity index (χ2n) is 8.51. The number of anilines is 1. The Morgan fingerprint density at radius 1 is 1.25 bits per heavy atom. The van der Waals surface area contributed by atoms with Gasteiger partial charge in [0, 0.05) is 24.3 Å². The number of amides is 1. The Morgan fingerprint density at radius 2 is 2.04 bits per heavy atom. The summed E-state index contributed by atoms with van der Waals surface area (Å²) in [5, 5.41) is 14.1. The van der Waals surface area contributed by atoms with Crippen LogP contribution in [0.5, 0.6) is 0 Å². The van der Waals surface area contributed by atoms with Crippen LogP contribution in [-0.4, -0.2) is 41.7 Å². The number of rotatable bonds is 7. The quantitative estimate of drug-likeness (QED) is 0.635. The lowest BCUT2D eigenvalue weighted by Crippen LogP contribution is -2.52. The van der Waals surface area contributed by atoms with E-state index in [1.54, 1.807) is 0 Å². The maximum Gasteiger partial charge on any atom is 0.243 e. The average molecular weight is 386 g/mol. The predicted octanol–water partition coefficient (Wildman–Crippen LogP) is 3.78. The van der Waals surface area contributed by atoms with Gasteiger partial charge in [0.05, 0.1) is 18.2 Å². The van der Waals surface area contributed by atoms with E-state index in [2.05, 4.69) is 54.3 Å². The molecule has 0 aliphatic carbocycles. The molecule has 3 N–H and O–H groups in total. The van der Waals surface area contributed by atoms with Crippen molar-refractivity contribution in [1.82, 2.24) is 10.3 Å². The zero-order valence-electron chi connectivity index (χ0n) is 17.7. The number of hydrogen-bond donors (Lipinski definition) is 3. The van der Waals surface area contributed by atoms with Gasteiger partial charge < -0.3 is 20.3 Å². The van der Waals surface area contributed by atoms with E-state index in [0.717, 1.165) is 17.7 Å². The summed E-state index contributed by atoms with van der Waals surface area (Å²) in [6, 6.07) is 3.86. The van der Waals surface area contributed by atoms with E-state index in [9.17, 15) is 9.90 Å². The maximum absolute atomic E-state index is 12.9. The van der Waals surface area contributed by atoms with Crippen molar-refractivity contribution in [2.75, 3.05) is 18.6 Å². The summed E-state index contributed by atoms with van der Waals surface area (Å²) in [6.45, 7) is 6.33. The Balaban J connectivity index is 2.06. The first-order chi connectivity index (χ1) is 13.5. The molecule has 5 heteroatoms. The zero-order valence-corrected chi connectivity index (χ0v) is 17.7. The third-order valence-corrected chi connectivity index (χ3v) is 6.01. The highest BCUT2D eigenvalue weighted by Crippen LogP contribution is 2.35. The first-order valence-corrected chi connectivity index (χ1v) is 10.7. The fourth-order valence-corrected chi connectivity index (χ4v) is 4.55. The van der Waals surface area contributed by atoms with Crippen molar-refractivity contribution in [3.8, 4) is 0 Å². The Kier molecular flexibility index (Phi) is 6.65. The van der Waals surface area contributed by atoms with Gasteiger partial charge in [-0.3, -0.25) is 4.79 Å².